The first-order chi connectivity index (χ1) is 20.2. The third kappa shape index (κ3) is 5.06. The number of esters is 2. The third-order valence-corrected chi connectivity index (χ3v) is 9.24. The molecule has 11 heteroatoms. The van der Waals surface area contributed by atoms with Crippen LogP contribution >= 0.6 is 31.9 Å². The highest BCUT2D eigenvalue weighted by molar-refractivity contribution is 9.10. The Hall–Kier alpha value is -3.12. The van der Waals surface area contributed by atoms with E-state index in [1.165, 1.54) is 12.4 Å². The largest absolute Gasteiger partial charge is 0.443 e. The first-order valence-electron chi connectivity index (χ1n) is 13.8. The molecular weight excluding hydrogens is 668 g/mol. The van der Waals surface area contributed by atoms with Crippen LogP contribution in [0.4, 0.5) is 0 Å². The molecule has 4 aromatic rings. The van der Waals surface area contributed by atoms with Gasteiger partial charge in [-0.1, -0.05) is 12.1 Å². The molecule has 0 amide bonds. The summed E-state index contributed by atoms with van der Waals surface area (Å²) in [5.41, 5.74) is 3.38. The van der Waals surface area contributed by atoms with E-state index >= 15 is 0 Å². The molecule has 9 nitrogen and oxygen atoms in total. The molecule has 1 aromatic carbocycles. The molecule has 4 heterocycles. The number of piperidine rings is 1. The van der Waals surface area contributed by atoms with Crippen LogP contribution in [0.3, 0.4) is 0 Å². The van der Waals surface area contributed by atoms with Gasteiger partial charge in [-0.2, -0.15) is 0 Å². The number of methoxy groups -OCH3 is 1. The summed E-state index contributed by atoms with van der Waals surface area (Å²) in [6.07, 6.45) is 9.68. The molecule has 218 valence electrons. The van der Waals surface area contributed by atoms with Crippen molar-refractivity contribution in [3.05, 3.63) is 92.5 Å². The highest BCUT2D eigenvalue weighted by Gasteiger charge is 2.51. The second-order valence-electron chi connectivity index (χ2n) is 10.7. The fraction of sp³-hybridized carbons (Fsp3) is 0.355. The first kappa shape index (κ1) is 29.0. The maximum Gasteiger partial charge on any atom is 0.341 e. The highest BCUT2D eigenvalue weighted by atomic mass is 79.9. The molecule has 42 heavy (non-hydrogen) atoms. The Bertz CT molecular complexity index is 1680. The lowest BCUT2D eigenvalue weighted by Gasteiger charge is -2.52. The number of aromatic nitrogens is 3. The molecule has 2 aliphatic rings. The van der Waals surface area contributed by atoms with Crippen LogP contribution in [-0.4, -0.2) is 57.3 Å². The van der Waals surface area contributed by atoms with E-state index in [1.807, 2.05) is 30.5 Å². The van der Waals surface area contributed by atoms with Crippen LogP contribution in [0.1, 0.15) is 64.8 Å². The molecule has 0 radical (unpaired) electrons. The lowest BCUT2D eigenvalue weighted by Crippen LogP contribution is -2.61. The number of nitrogens with zero attached hydrogens (tertiary/aromatic N) is 4. The molecule has 1 saturated heterocycles. The normalized spacial score (nSPS) is 21.4. The number of carbonyl (C=O) groups excluding carboxylic acids is 2. The number of hydrogen-bond acceptors (Lipinski definition) is 8. The monoisotopic (exact) mass is 696 g/mol. The van der Waals surface area contributed by atoms with Gasteiger partial charge >= 0.3 is 11.9 Å². The zero-order chi connectivity index (χ0) is 29.6. The Kier molecular flexibility index (Phi) is 7.95. The number of likely N-dealkylation sites (tertiary alicyclic amines) is 1. The summed E-state index contributed by atoms with van der Waals surface area (Å²) in [4.78, 5) is 36.4. The minimum absolute atomic E-state index is 0.0702. The van der Waals surface area contributed by atoms with Gasteiger partial charge in [0.25, 0.3) is 0 Å². The van der Waals surface area contributed by atoms with Crippen molar-refractivity contribution in [2.45, 2.75) is 57.2 Å². The lowest BCUT2D eigenvalue weighted by atomic mass is 9.71. The predicted molar refractivity (Wildman–Crippen MR) is 163 cm³/mol. The van der Waals surface area contributed by atoms with Crippen LogP contribution in [0.5, 0.6) is 0 Å². The van der Waals surface area contributed by atoms with Gasteiger partial charge in [0.05, 0.1) is 22.7 Å². The van der Waals surface area contributed by atoms with E-state index in [0.29, 0.717) is 26.5 Å². The smallest absolute Gasteiger partial charge is 0.341 e. The molecule has 3 aromatic heterocycles. The lowest BCUT2D eigenvalue weighted by molar-refractivity contribution is -0.154. The van der Waals surface area contributed by atoms with Gasteiger partial charge in [-0.05, 0) is 94.3 Å². The van der Waals surface area contributed by atoms with Crippen molar-refractivity contribution in [2.75, 3.05) is 13.7 Å². The number of hydrogen-bond donors (Lipinski definition) is 0. The average Bonchev–Trinajstić information content (AvgIpc) is 3.36. The van der Waals surface area contributed by atoms with Crippen LogP contribution in [0.2, 0.25) is 0 Å². The second-order valence-corrected chi connectivity index (χ2v) is 12.5. The molecule has 6 rings (SSSR count). The summed E-state index contributed by atoms with van der Waals surface area (Å²) in [5, 5.41) is 1.12. The number of carbonyl (C=O) groups is 2. The minimum Gasteiger partial charge on any atom is -0.443 e. The Morgan fingerprint density at radius 2 is 1.62 bits per heavy atom. The average molecular weight is 698 g/mol. The van der Waals surface area contributed by atoms with Crippen LogP contribution < -0.4 is 0 Å². The number of fused-ring (bicyclic) bond motifs is 2. The standard InChI is InChI=1S/C31H30Br2N4O5/c1-18(41-29(38)20-10-23(32)15-34-13-20)36-9-5-8-31(40-3)25-6-4-7-26-28(25)22(12-27(31)36)17-37(26)19(2)42-30(39)21-11-24(33)16-35-14-21/h4,6-7,10-11,13-19,27H,5,8-9,12H2,1-3H3/t18?,19?,27-,31+/m1/s1. The fourth-order valence-electron chi connectivity index (χ4n) is 6.52. The molecule has 1 fully saturated rings. The van der Waals surface area contributed by atoms with Crippen molar-refractivity contribution >= 4 is 54.7 Å². The van der Waals surface area contributed by atoms with Gasteiger partial charge < -0.3 is 18.8 Å². The van der Waals surface area contributed by atoms with E-state index in [-0.39, 0.29) is 6.04 Å². The van der Waals surface area contributed by atoms with Crippen molar-refractivity contribution < 1.29 is 23.8 Å². The SMILES string of the molecule is CO[C@]12CCCN(C(C)OC(=O)c3cncc(Br)c3)[C@@H]1Cc1cn(C(C)OC(=O)c3cncc(Br)c3)c3cccc2c13. The number of ether oxygens (including phenoxy) is 3. The molecule has 4 atom stereocenters. The van der Waals surface area contributed by atoms with E-state index in [0.717, 1.165) is 41.4 Å². The molecule has 0 saturated carbocycles. The first-order valence-corrected chi connectivity index (χ1v) is 15.4. The topological polar surface area (TPSA) is 95.8 Å². The van der Waals surface area contributed by atoms with Gasteiger partial charge in [-0.25, -0.2) is 9.59 Å². The Morgan fingerprint density at radius 1 is 0.976 bits per heavy atom. The predicted octanol–water partition coefficient (Wildman–Crippen LogP) is 6.40. The fourth-order valence-corrected chi connectivity index (χ4v) is 7.25. The molecule has 0 N–H and O–H groups in total. The minimum atomic E-state index is -0.586. The quantitative estimate of drug-likeness (QED) is 0.205. The molecule has 0 bridgehead atoms. The van der Waals surface area contributed by atoms with Crippen molar-refractivity contribution in [3.8, 4) is 0 Å². The van der Waals surface area contributed by atoms with E-state index < -0.39 is 30.0 Å². The summed E-state index contributed by atoms with van der Waals surface area (Å²) in [7, 11) is 1.76. The van der Waals surface area contributed by atoms with Crippen LogP contribution in [0, 0.1) is 0 Å². The van der Waals surface area contributed by atoms with E-state index in [9.17, 15) is 9.59 Å². The number of benzene rings is 1. The van der Waals surface area contributed by atoms with Crippen LogP contribution in [0.25, 0.3) is 10.9 Å². The van der Waals surface area contributed by atoms with Gasteiger partial charge in [0, 0.05) is 59.0 Å². The van der Waals surface area contributed by atoms with Crippen molar-refractivity contribution in [1.29, 1.82) is 0 Å². The summed E-state index contributed by atoms with van der Waals surface area (Å²) < 4.78 is 21.7. The van der Waals surface area contributed by atoms with Crippen molar-refractivity contribution in [3.63, 3.8) is 0 Å². The maximum atomic E-state index is 13.0. The Morgan fingerprint density at radius 3 is 2.24 bits per heavy atom. The summed E-state index contributed by atoms with van der Waals surface area (Å²) in [6.45, 7) is 4.54. The van der Waals surface area contributed by atoms with Gasteiger partial charge in [-0.15, -0.1) is 0 Å². The van der Waals surface area contributed by atoms with Gasteiger partial charge in [0.2, 0.25) is 0 Å². The molecule has 1 aliphatic carbocycles. The summed E-state index contributed by atoms with van der Waals surface area (Å²) >= 11 is 6.74. The van der Waals surface area contributed by atoms with E-state index in [4.69, 9.17) is 14.2 Å². The van der Waals surface area contributed by atoms with Gasteiger partial charge in [0.15, 0.2) is 12.5 Å². The summed E-state index contributed by atoms with van der Waals surface area (Å²) in [6, 6.07) is 9.53. The Balaban J connectivity index is 1.31. The van der Waals surface area contributed by atoms with Crippen LogP contribution in [-0.2, 0) is 26.2 Å². The number of rotatable bonds is 7. The maximum absolute atomic E-state index is 13.0. The van der Waals surface area contributed by atoms with E-state index in [2.05, 4.69) is 59.0 Å². The number of halogens is 2. The van der Waals surface area contributed by atoms with Crippen molar-refractivity contribution in [2.24, 2.45) is 0 Å². The van der Waals surface area contributed by atoms with Crippen molar-refractivity contribution in [1.82, 2.24) is 19.4 Å². The van der Waals surface area contributed by atoms with Gasteiger partial charge in [-0.3, -0.25) is 14.9 Å². The van der Waals surface area contributed by atoms with E-state index in [1.54, 1.807) is 31.6 Å². The Labute approximate surface area is 260 Å². The van der Waals surface area contributed by atoms with Gasteiger partial charge in [0.1, 0.15) is 5.60 Å². The zero-order valence-corrected chi connectivity index (χ0v) is 26.6. The molecule has 2 unspecified atom stereocenters. The molecule has 0 spiro atoms. The van der Waals surface area contributed by atoms with Crippen LogP contribution in [0.15, 0.2) is 70.3 Å². The zero-order valence-electron chi connectivity index (χ0n) is 23.4. The third-order valence-electron chi connectivity index (χ3n) is 8.37. The highest BCUT2D eigenvalue weighted by Crippen LogP contribution is 2.49. The second kappa shape index (κ2) is 11.5. The number of pyridine rings is 2. The molecular formula is C31H30Br2N4O5. The molecule has 1 aliphatic heterocycles. The summed E-state index contributed by atoms with van der Waals surface area (Å²) in [5.74, 6) is -0.874.